The summed E-state index contributed by atoms with van der Waals surface area (Å²) >= 11 is 0. The zero-order valence-electron chi connectivity index (χ0n) is 11.6. The van der Waals surface area contributed by atoms with Crippen molar-refractivity contribution in [3.8, 4) is 0 Å². The Morgan fingerprint density at radius 1 is 1.11 bits per heavy atom. The number of nitrogens with zero attached hydrogens (tertiary/aromatic N) is 1. The highest BCUT2D eigenvalue weighted by molar-refractivity contribution is 5.85. The Morgan fingerprint density at radius 2 is 1.79 bits per heavy atom. The Bertz CT molecular complexity index is 577. The van der Waals surface area contributed by atoms with E-state index in [-0.39, 0.29) is 0 Å². The first-order valence-electron chi connectivity index (χ1n) is 7.14. The average molecular weight is 255 g/mol. The Labute approximate surface area is 114 Å². The van der Waals surface area contributed by atoms with E-state index in [1.165, 1.54) is 6.42 Å². The quantitative estimate of drug-likeness (QED) is 0.839. The lowest BCUT2D eigenvalue weighted by atomic mass is 9.70. The van der Waals surface area contributed by atoms with Gasteiger partial charge in [0.25, 0.3) is 0 Å². The first-order chi connectivity index (χ1) is 9.08. The van der Waals surface area contributed by atoms with Crippen LogP contribution in [0.1, 0.15) is 38.7 Å². The number of hydrogen-bond donors (Lipinski definition) is 1. The largest absolute Gasteiger partial charge is 0.385 e. The molecule has 2 nitrogen and oxygen atoms in total. The lowest BCUT2D eigenvalue weighted by Gasteiger charge is -2.39. The number of benzene rings is 1. The molecule has 0 radical (unpaired) electrons. The first-order valence-corrected chi connectivity index (χ1v) is 7.14. The van der Waals surface area contributed by atoms with Crippen LogP contribution in [0.4, 0.5) is 0 Å². The maximum Gasteiger partial charge on any atom is 0.0922 e. The van der Waals surface area contributed by atoms with E-state index in [2.05, 4.69) is 31.0 Å². The van der Waals surface area contributed by atoms with Gasteiger partial charge in [-0.05, 0) is 36.5 Å². The Balaban J connectivity index is 2.12. The summed E-state index contributed by atoms with van der Waals surface area (Å²) in [5.41, 5.74) is 0.286. The second-order valence-corrected chi connectivity index (χ2v) is 6.29. The molecule has 0 spiro atoms. The number of rotatable bonds is 1. The molecular weight excluding hydrogens is 234 g/mol. The maximum atomic E-state index is 11.1. The van der Waals surface area contributed by atoms with Crippen molar-refractivity contribution in [1.29, 1.82) is 0 Å². The normalized spacial score (nSPS) is 31.5. The van der Waals surface area contributed by atoms with Crippen molar-refractivity contribution in [2.24, 2.45) is 11.8 Å². The van der Waals surface area contributed by atoms with Gasteiger partial charge < -0.3 is 5.11 Å². The molecule has 2 aromatic rings. The fourth-order valence-corrected chi connectivity index (χ4v) is 3.80. The number of fused-ring (bicyclic) bond motifs is 1. The Kier molecular flexibility index (Phi) is 3.06. The predicted octanol–water partition coefficient (Wildman–Crippen LogP) is 3.88. The SMILES string of the molecule is CC1CC(C)CC(O)(c2cncc3ccccc23)C1. The van der Waals surface area contributed by atoms with Crippen molar-refractivity contribution in [3.05, 3.63) is 42.2 Å². The molecule has 19 heavy (non-hydrogen) atoms. The van der Waals surface area contributed by atoms with Crippen molar-refractivity contribution < 1.29 is 5.11 Å². The molecule has 0 aliphatic heterocycles. The van der Waals surface area contributed by atoms with Crippen LogP contribution in [-0.4, -0.2) is 10.1 Å². The second-order valence-electron chi connectivity index (χ2n) is 6.29. The maximum absolute atomic E-state index is 11.1. The molecular formula is C17H21NO. The average Bonchev–Trinajstić information content (AvgIpc) is 2.36. The smallest absolute Gasteiger partial charge is 0.0922 e. The summed E-state index contributed by atoms with van der Waals surface area (Å²) in [5, 5.41) is 13.4. The van der Waals surface area contributed by atoms with Crippen LogP contribution < -0.4 is 0 Å². The van der Waals surface area contributed by atoms with E-state index in [4.69, 9.17) is 0 Å². The van der Waals surface area contributed by atoms with Gasteiger partial charge in [0, 0.05) is 23.3 Å². The Morgan fingerprint density at radius 3 is 2.53 bits per heavy atom. The van der Waals surface area contributed by atoms with E-state index >= 15 is 0 Å². The summed E-state index contributed by atoms with van der Waals surface area (Å²) in [6.07, 6.45) is 6.62. The van der Waals surface area contributed by atoms with Gasteiger partial charge in [0.2, 0.25) is 0 Å². The third kappa shape index (κ3) is 2.25. The number of aliphatic hydroxyl groups is 1. The zero-order chi connectivity index (χ0) is 13.5. The van der Waals surface area contributed by atoms with Crippen LogP contribution in [0.15, 0.2) is 36.7 Å². The van der Waals surface area contributed by atoms with Gasteiger partial charge in [0.15, 0.2) is 0 Å². The van der Waals surface area contributed by atoms with Crippen LogP contribution in [-0.2, 0) is 5.60 Å². The molecule has 1 heterocycles. The van der Waals surface area contributed by atoms with Crippen molar-refractivity contribution in [2.45, 2.75) is 38.7 Å². The minimum absolute atomic E-state index is 0.563. The van der Waals surface area contributed by atoms with Crippen LogP contribution in [0.3, 0.4) is 0 Å². The van der Waals surface area contributed by atoms with E-state index < -0.39 is 5.60 Å². The van der Waals surface area contributed by atoms with E-state index in [1.807, 2.05) is 24.5 Å². The summed E-state index contributed by atoms with van der Waals surface area (Å²) in [6.45, 7) is 4.47. The molecule has 1 aromatic carbocycles. The standard InChI is InChI=1S/C17H21NO/c1-12-7-13(2)9-17(19,8-12)16-11-18-10-14-5-3-4-6-15(14)16/h3-6,10-13,19H,7-9H2,1-2H3. The summed E-state index contributed by atoms with van der Waals surface area (Å²) in [4.78, 5) is 4.32. The fourth-order valence-electron chi connectivity index (χ4n) is 3.80. The summed E-state index contributed by atoms with van der Waals surface area (Å²) in [7, 11) is 0. The number of pyridine rings is 1. The highest BCUT2D eigenvalue weighted by Gasteiger charge is 2.38. The van der Waals surface area contributed by atoms with Gasteiger partial charge in [0.05, 0.1) is 5.60 Å². The highest BCUT2D eigenvalue weighted by atomic mass is 16.3. The topological polar surface area (TPSA) is 33.1 Å². The highest BCUT2D eigenvalue weighted by Crippen LogP contribution is 2.44. The molecule has 0 amide bonds. The minimum atomic E-state index is -0.717. The van der Waals surface area contributed by atoms with Gasteiger partial charge in [-0.2, -0.15) is 0 Å². The van der Waals surface area contributed by atoms with Gasteiger partial charge >= 0.3 is 0 Å². The fraction of sp³-hybridized carbons (Fsp3) is 0.471. The molecule has 1 aliphatic rings. The first kappa shape index (κ1) is 12.6. The monoisotopic (exact) mass is 255 g/mol. The summed E-state index contributed by atoms with van der Waals surface area (Å²) < 4.78 is 0. The minimum Gasteiger partial charge on any atom is -0.385 e. The lowest BCUT2D eigenvalue weighted by Crippen LogP contribution is -2.35. The van der Waals surface area contributed by atoms with Crippen LogP contribution in [0.25, 0.3) is 10.8 Å². The molecule has 2 unspecified atom stereocenters. The predicted molar refractivity (Wildman–Crippen MR) is 77.8 cm³/mol. The molecule has 0 bridgehead atoms. The van der Waals surface area contributed by atoms with Gasteiger partial charge in [-0.1, -0.05) is 38.1 Å². The Hall–Kier alpha value is -1.41. The molecule has 100 valence electrons. The molecule has 1 fully saturated rings. The summed E-state index contributed by atoms with van der Waals surface area (Å²) in [6, 6.07) is 8.20. The van der Waals surface area contributed by atoms with Gasteiger partial charge in [-0.25, -0.2) is 0 Å². The van der Waals surface area contributed by atoms with Crippen LogP contribution in [0.5, 0.6) is 0 Å². The lowest BCUT2D eigenvalue weighted by molar-refractivity contribution is -0.0352. The van der Waals surface area contributed by atoms with E-state index in [0.29, 0.717) is 11.8 Å². The van der Waals surface area contributed by atoms with Crippen molar-refractivity contribution >= 4 is 10.8 Å². The third-order valence-corrected chi connectivity index (χ3v) is 4.35. The summed E-state index contributed by atoms with van der Waals surface area (Å²) in [5.74, 6) is 1.13. The molecule has 2 atom stereocenters. The van der Waals surface area contributed by atoms with E-state index in [1.54, 1.807) is 0 Å². The number of aromatic nitrogens is 1. The molecule has 1 N–H and O–H groups in total. The van der Waals surface area contributed by atoms with Crippen LogP contribution in [0, 0.1) is 11.8 Å². The molecule has 1 saturated carbocycles. The van der Waals surface area contributed by atoms with E-state index in [0.717, 1.165) is 29.2 Å². The second kappa shape index (κ2) is 4.61. The zero-order valence-corrected chi connectivity index (χ0v) is 11.6. The van der Waals surface area contributed by atoms with Crippen molar-refractivity contribution in [2.75, 3.05) is 0 Å². The van der Waals surface area contributed by atoms with Crippen molar-refractivity contribution in [1.82, 2.24) is 4.98 Å². The van der Waals surface area contributed by atoms with E-state index in [9.17, 15) is 5.11 Å². The van der Waals surface area contributed by atoms with Gasteiger partial charge in [0.1, 0.15) is 0 Å². The molecule has 1 aromatic heterocycles. The van der Waals surface area contributed by atoms with Crippen LogP contribution in [0.2, 0.25) is 0 Å². The third-order valence-electron chi connectivity index (χ3n) is 4.35. The van der Waals surface area contributed by atoms with Crippen LogP contribution >= 0.6 is 0 Å². The van der Waals surface area contributed by atoms with Crippen molar-refractivity contribution in [3.63, 3.8) is 0 Å². The molecule has 3 rings (SSSR count). The van der Waals surface area contributed by atoms with Gasteiger partial charge in [-0.3, -0.25) is 4.98 Å². The number of hydrogen-bond acceptors (Lipinski definition) is 2. The van der Waals surface area contributed by atoms with Gasteiger partial charge in [-0.15, -0.1) is 0 Å². The molecule has 1 aliphatic carbocycles. The molecule has 2 heteroatoms. The molecule has 0 saturated heterocycles.